The zero-order valence-electron chi connectivity index (χ0n) is 11.6. The minimum atomic E-state index is -1.93. The van der Waals surface area contributed by atoms with Crippen molar-refractivity contribution in [2.75, 3.05) is 50.7 Å². The average molecular weight is 266 g/mol. The van der Waals surface area contributed by atoms with E-state index < -0.39 is 7.14 Å². The quantitative estimate of drug-likeness (QED) is 0.786. The maximum absolute atomic E-state index is 11.8. The molecule has 0 unspecified atom stereocenters. The number of hydrogen-bond acceptors (Lipinski definition) is 3. The summed E-state index contributed by atoms with van der Waals surface area (Å²) in [5.41, 5.74) is 2.68. The predicted octanol–water partition coefficient (Wildman–Crippen LogP) is 2.70. The summed E-state index contributed by atoms with van der Waals surface area (Å²) in [6.45, 7) is 10.0. The molecule has 100 valence electrons. The van der Waals surface area contributed by atoms with Crippen LogP contribution in [0.4, 0.5) is 5.69 Å². The maximum atomic E-state index is 11.8. The number of para-hydroxylation sites is 1. The van der Waals surface area contributed by atoms with Crippen LogP contribution in [-0.2, 0) is 4.57 Å². The van der Waals surface area contributed by atoms with Gasteiger partial charge >= 0.3 is 0 Å². The number of anilines is 1. The fraction of sp³-hybridized carbons (Fsp3) is 0.571. The van der Waals surface area contributed by atoms with Crippen molar-refractivity contribution in [3.8, 4) is 0 Å². The molecule has 0 amide bonds. The Balaban J connectivity index is 1.95. The molecule has 0 spiro atoms. The summed E-state index contributed by atoms with van der Waals surface area (Å²) in [6, 6.07) is 8.53. The summed E-state index contributed by atoms with van der Waals surface area (Å²) >= 11 is 0. The van der Waals surface area contributed by atoms with Crippen molar-refractivity contribution in [1.29, 1.82) is 0 Å². The van der Waals surface area contributed by atoms with Crippen molar-refractivity contribution >= 4 is 12.8 Å². The number of aryl methyl sites for hydroxylation is 1. The van der Waals surface area contributed by atoms with Gasteiger partial charge in [0.2, 0.25) is 0 Å². The first-order valence-corrected chi connectivity index (χ1v) is 9.31. The molecule has 0 aliphatic carbocycles. The molecule has 1 aromatic carbocycles. The molecule has 1 fully saturated rings. The molecule has 1 aliphatic rings. The Bertz CT molecular complexity index is 447. The smallest absolute Gasteiger partial charge is 0.0951 e. The molecule has 0 atom stereocenters. The minimum absolute atomic E-state index is 0.759. The van der Waals surface area contributed by atoms with Crippen molar-refractivity contribution in [3.63, 3.8) is 0 Å². The Kier molecular flexibility index (Phi) is 4.14. The van der Waals surface area contributed by atoms with Crippen molar-refractivity contribution in [3.05, 3.63) is 29.8 Å². The normalized spacial score (nSPS) is 18.1. The second kappa shape index (κ2) is 5.46. The first kappa shape index (κ1) is 13.6. The van der Waals surface area contributed by atoms with Crippen LogP contribution >= 0.6 is 7.14 Å². The molecule has 0 bridgehead atoms. The van der Waals surface area contributed by atoms with Crippen molar-refractivity contribution < 1.29 is 4.57 Å². The van der Waals surface area contributed by atoms with Crippen LogP contribution in [0.1, 0.15) is 5.56 Å². The summed E-state index contributed by atoms with van der Waals surface area (Å²) in [5.74, 6) is 0. The lowest BCUT2D eigenvalue weighted by Gasteiger charge is -2.37. The van der Waals surface area contributed by atoms with Gasteiger partial charge in [-0.15, -0.1) is 0 Å². The molecule has 0 aromatic heterocycles. The lowest BCUT2D eigenvalue weighted by molar-refractivity contribution is 0.294. The largest absolute Gasteiger partial charge is 0.369 e. The van der Waals surface area contributed by atoms with E-state index in [2.05, 4.69) is 41.0 Å². The van der Waals surface area contributed by atoms with Crippen LogP contribution in [0.25, 0.3) is 0 Å². The SMILES string of the molecule is Cc1ccccc1N1CCN(CP(C)(C)=O)CC1. The van der Waals surface area contributed by atoms with Crippen LogP contribution in [0.2, 0.25) is 0 Å². The van der Waals surface area contributed by atoms with Crippen molar-refractivity contribution in [2.45, 2.75) is 6.92 Å². The molecule has 3 nitrogen and oxygen atoms in total. The Morgan fingerprint density at radius 3 is 2.28 bits per heavy atom. The molecule has 2 rings (SSSR count). The van der Waals surface area contributed by atoms with Crippen LogP contribution in [0, 0.1) is 6.92 Å². The zero-order valence-corrected chi connectivity index (χ0v) is 12.5. The van der Waals surface area contributed by atoms with Crippen molar-refractivity contribution in [2.24, 2.45) is 0 Å². The molecule has 1 heterocycles. The average Bonchev–Trinajstić information content (AvgIpc) is 2.29. The van der Waals surface area contributed by atoms with Crippen LogP contribution in [0.5, 0.6) is 0 Å². The highest BCUT2D eigenvalue weighted by Gasteiger charge is 2.21. The molecule has 0 N–H and O–H groups in total. The van der Waals surface area contributed by atoms with Crippen LogP contribution < -0.4 is 4.90 Å². The fourth-order valence-electron chi connectivity index (χ4n) is 2.53. The third-order valence-electron chi connectivity index (χ3n) is 3.37. The van der Waals surface area contributed by atoms with E-state index in [1.54, 1.807) is 0 Å². The predicted molar refractivity (Wildman–Crippen MR) is 79.3 cm³/mol. The van der Waals surface area contributed by atoms with Gasteiger partial charge in [-0.2, -0.15) is 0 Å². The van der Waals surface area contributed by atoms with Crippen LogP contribution in [0.15, 0.2) is 24.3 Å². The van der Waals surface area contributed by atoms with E-state index in [4.69, 9.17) is 0 Å². The van der Waals surface area contributed by atoms with Crippen LogP contribution in [-0.4, -0.2) is 50.7 Å². The molecule has 1 saturated heterocycles. The van der Waals surface area contributed by atoms with E-state index in [0.717, 1.165) is 32.5 Å². The van der Waals surface area contributed by atoms with E-state index in [-0.39, 0.29) is 0 Å². The molecule has 4 heteroatoms. The second-order valence-corrected chi connectivity index (χ2v) is 9.04. The number of nitrogens with zero attached hydrogens (tertiary/aromatic N) is 2. The van der Waals surface area contributed by atoms with Gasteiger partial charge in [-0.05, 0) is 31.9 Å². The summed E-state index contributed by atoms with van der Waals surface area (Å²) in [5, 5.41) is 0. The monoisotopic (exact) mass is 266 g/mol. The lowest BCUT2D eigenvalue weighted by Crippen LogP contribution is -2.46. The Morgan fingerprint density at radius 2 is 1.72 bits per heavy atom. The molecule has 1 aromatic rings. The molecule has 0 saturated carbocycles. The first-order chi connectivity index (χ1) is 8.46. The summed E-state index contributed by atoms with van der Waals surface area (Å²) in [7, 11) is -1.93. The van der Waals surface area contributed by atoms with Gasteiger partial charge in [0, 0.05) is 31.9 Å². The van der Waals surface area contributed by atoms with Gasteiger partial charge in [0.1, 0.15) is 0 Å². The zero-order chi connectivity index (χ0) is 13.2. The third kappa shape index (κ3) is 3.60. The highest BCUT2D eigenvalue weighted by Crippen LogP contribution is 2.36. The number of hydrogen-bond donors (Lipinski definition) is 0. The Morgan fingerprint density at radius 1 is 1.11 bits per heavy atom. The number of piperazine rings is 1. The Labute approximate surface area is 110 Å². The standard InChI is InChI=1S/C14H23N2OP/c1-13-6-4-5-7-14(13)16-10-8-15(9-11-16)12-18(2,3)17/h4-7H,8-12H2,1-3H3. The van der Waals surface area contributed by atoms with E-state index in [1.165, 1.54) is 11.3 Å². The third-order valence-corrected chi connectivity index (χ3v) is 4.45. The van der Waals surface area contributed by atoms with Gasteiger partial charge in [0.05, 0.1) is 13.4 Å². The molecular weight excluding hydrogens is 243 g/mol. The van der Waals surface area contributed by atoms with E-state index >= 15 is 0 Å². The minimum Gasteiger partial charge on any atom is -0.369 e. The first-order valence-electron chi connectivity index (χ1n) is 6.53. The van der Waals surface area contributed by atoms with Crippen molar-refractivity contribution in [1.82, 2.24) is 4.90 Å². The topological polar surface area (TPSA) is 23.6 Å². The van der Waals surface area contributed by atoms with Gasteiger partial charge in [-0.3, -0.25) is 4.90 Å². The van der Waals surface area contributed by atoms with Gasteiger partial charge in [-0.25, -0.2) is 0 Å². The molecule has 1 aliphatic heterocycles. The van der Waals surface area contributed by atoms with Crippen LogP contribution in [0.3, 0.4) is 0 Å². The van der Waals surface area contributed by atoms with Gasteiger partial charge < -0.3 is 9.46 Å². The number of benzene rings is 1. The molecule has 0 radical (unpaired) electrons. The van der Waals surface area contributed by atoms with Gasteiger partial charge in [0.25, 0.3) is 0 Å². The second-order valence-electron chi connectivity index (χ2n) is 5.61. The Hall–Kier alpha value is -0.790. The number of rotatable bonds is 3. The molecule has 18 heavy (non-hydrogen) atoms. The highest BCUT2D eigenvalue weighted by atomic mass is 31.2. The lowest BCUT2D eigenvalue weighted by atomic mass is 10.1. The van der Waals surface area contributed by atoms with Gasteiger partial charge in [-0.1, -0.05) is 18.2 Å². The molecular formula is C14H23N2OP. The summed E-state index contributed by atoms with van der Waals surface area (Å²) in [6.07, 6.45) is 0.759. The van der Waals surface area contributed by atoms with E-state index in [9.17, 15) is 4.57 Å². The summed E-state index contributed by atoms with van der Waals surface area (Å²) < 4.78 is 11.8. The highest BCUT2D eigenvalue weighted by molar-refractivity contribution is 7.62. The maximum Gasteiger partial charge on any atom is 0.0951 e. The fourth-order valence-corrected chi connectivity index (χ4v) is 3.78. The van der Waals surface area contributed by atoms with E-state index in [1.807, 2.05) is 13.3 Å². The van der Waals surface area contributed by atoms with E-state index in [0.29, 0.717) is 0 Å². The summed E-state index contributed by atoms with van der Waals surface area (Å²) in [4.78, 5) is 4.76. The van der Waals surface area contributed by atoms with Gasteiger partial charge in [0.15, 0.2) is 0 Å².